The fourth-order valence-corrected chi connectivity index (χ4v) is 4.81. The van der Waals surface area contributed by atoms with Crippen molar-refractivity contribution in [1.29, 1.82) is 0 Å². The first kappa shape index (κ1) is 24.8. The average Bonchev–Trinajstić information content (AvgIpc) is 3.36. The second kappa shape index (κ2) is 11.4. The summed E-state index contributed by atoms with van der Waals surface area (Å²) in [6, 6.07) is 16.5. The molecular weight excluding hydrogens is 486 g/mol. The molecule has 1 aromatic heterocycles. The summed E-state index contributed by atoms with van der Waals surface area (Å²) in [5.41, 5.74) is 1.64. The smallest absolute Gasteiger partial charge is 0.286 e. The van der Waals surface area contributed by atoms with Crippen molar-refractivity contribution < 1.29 is 14.4 Å². The minimum atomic E-state index is -0.432. The molecule has 1 aliphatic rings. The molecule has 0 aliphatic carbocycles. The van der Waals surface area contributed by atoms with Gasteiger partial charge in [-0.1, -0.05) is 53.3 Å². The van der Waals surface area contributed by atoms with Crippen molar-refractivity contribution >= 4 is 46.3 Å². The molecule has 2 aromatic carbocycles. The van der Waals surface area contributed by atoms with Crippen molar-refractivity contribution in [2.45, 2.75) is 32.2 Å². The van der Waals surface area contributed by atoms with Crippen LogP contribution in [0.2, 0.25) is 5.02 Å². The van der Waals surface area contributed by atoms with Crippen LogP contribution in [0, 0.1) is 5.92 Å². The molecule has 8 nitrogen and oxygen atoms in total. The number of likely N-dealkylation sites (tertiary alicyclic amines) is 1. The number of aromatic nitrogens is 2. The molecule has 1 aliphatic heterocycles. The minimum absolute atomic E-state index is 0.0200. The van der Waals surface area contributed by atoms with Crippen LogP contribution in [0.4, 0.5) is 5.69 Å². The predicted molar refractivity (Wildman–Crippen MR) is 136 cm³/mol. The molecule has 10 heteroatoms. The summed E-state index contributed by atoms with van der Waals surface area (Å²) in [4.78, 5) is 39.5. The maximum atomic E-state index is 12.9. The summed E-state index contributed by atoms with van der Waals surface area (Å²) in [5.74, 6) is -0.435. The zero-order valence-corrected chi connectivity index (χ0v) is 20.8. The summed E-state index contributed by atoms with van der Waals surface area (Å²) >= 11 is 6.82. The first-order chi connectivity index (χ1) is 16.9. The van der Waals surface area contributed by atoms with E-state index in [1.54, 1.807) is 29.2 Å². The van der Waals surface area contributed by atoms with Crippen molar-refractivity contribution in [2.24, 2.45) is 5.92 Å². The molecule has 0 radical (unpaired) electrons. The molecule has 0 unspecified atom stereocenters. The van der Waals surface area contributed by atoms with E-state index in [1.165, 1.54) is 0 Å². The van der Waals surface area contributed by atoms with Crippen LogP contribution in [0.25, 0.3) is 0 Å². The maximum absolute atomic E-state index is 12.9. The molecular formula is C25H26ClN5O3S. The Morgan fingerprint density at radius 1 is 1.03 bits per heavy atom. The Balaban J connectivity index is 1.24. The van der Waals surface area contributed by atoms with Gasteiger partial charge in [0.2, 0.25) is 15.9 Å². The van der Waals surface area contributed by atoms with Crippen LogP contribution < -0.4 is 10.6 Å². The van der Waals surface area contributed by atoms with Gasteiger partial charge in [0.25, 0.3) is 11.8 Å². The first-order valence-corrected chi connectivity index (χ1v) is 12.6. The number of halogens is 1. The van der Waals surface area contributed by atoms with Gasteiger partial charge in [0, 0.05) is 30.2 Å². The summed E-state index contributed by atoms with van der Waals surface area (Å²) in [6.07, 6.45) is 1.91. The van der Waals surface area contributed by atoms with E-state index in [4.69, 9.17) is 11.6 Å². The predicted octanol–water partition coefficient (Wildman–Crippen LogP) is 4.56. The number of hydrogen-bond donors (Lipinski definition) is 2. The average molecular weight is 512 g/mol. The topological polar surface area (TPSA) is 104 Å². The fraction of sp³-hybridized carbons (Fsp3) is 0.320. The van der Waals surface area contributed by atoms with Crippen LogP contribution in [-0.4, -0.2) is 45.9 Å². The van der Waals surface area contributed by atoms with E-state index in [1.807, 2.05) is 37.3 Å². The van der Waals surface area contributed by atoms with E-state index in [-0.39, 0.29) is 33.8 Å². The number of nitrogens with one attached hydrogen (secondary N) is 2. The number of benzene rings is 2. The Bertz CT molecular complexity index is 1180. The van der Waals surface area contributed by atoms with Gasteiger partial charge in [0.15, 0.2) is 0 Å². The van der Waals surface area contributed by atoms with E-state index in [0.717, 1.165) is 29.7 Å². The van der Waals surface area contributed by atoms with Gasteiger partial charge in [-0.3, -0.25) is 14.4 Å². The SMILES string of the molecule is C[C@@H](NC(=O)CC1CCN(C(=O)c2nnc(C(=O)Nc3ccc(Cl)cc3)s2)CC1)c1ccccc1. The third-order valence-corrected chi connectivity index (χ3v) is 7.12. The highest BCUT2D eigenvalue weighted by Gasteiger charge is 2.28. The lowest BCUT2D eigenvalue weighted by Crippen LogP contribution is -2.39. The van der Waals surface area contributed by atoms with Gasteiger partial charge in [-0.05, 0) is 55.5 Å². The Morgan fingerprint density at radius 2 is 1.69 bits per heavy atom. The third-order valence-electron chi connectivity index (χ3n) is 5.96. The van der Waals surface area contributed by atoms with Gasteiger partial charge < -0.3 is 15.5 Å². The van der Waals surface area contributed by atoms with Crippen molar-refractivity contribution in [3.8, 4) is 0 Å². The molecule has 1 fully saturated rings. The number of carbonyl (C=O) groups is 3. The number of hydrogen-bond acceptors (Lipinski definition) is 6. The molecule has 1 saturated heterocycles. The molecule has 3 amide bonds. The monoisotopic (exact) mass is 511 g/mol. The quantitative estimate of drug-likeness (QED) is 0.483. The fourth-order valence-electron chi connectivity index (χ4n) is 3.98. The highest BCUT2D eigenvalue weighted by Crippen LogP contribution is 2.24. The van der Waals surface area contributed by atoms with E-state index in [0.29, 0.717) is 30.2 Å². The van der Waals surface area contributed by atoms with Crippen molar-refractivity contribution in [3.05, 3.63) is 75.2 Å². The molecule has 0 saturated carbocycles. The minimum Gasteiger partial charge on any atom is -0.350 e. The second-order valence-electron chi connectivity index (χ2n) is 8.51. The van der Waals surface area contributed by atoms with Crippen molar-refractivity contribution in [3.63, 3.8) is 0 Å². The first-order valence-electron chi connectivity index (χ1n) is 11.4. The molecule has 0 bridgehead atoms. The van der Waals surface area contributed by atoms with Gasteiger partial charge in [-0.2, -0.15) is 0 Å². The van der Waals surface area contributed by atoms with Gasteiger partial charge in [-0.15, -0.1) is 10.2 Å². The van der Waals surface area contributed by atoms with E-state index < -0.39 is 5.91 Å². The van der Waals surface area contributed by atoms with Crippen LogP contribution in [0.5, 0.6) is 0 Å². The van der Waals surface area contributed by atoms with Gasteiger partial charge in [0.05, 0.1) is 6.04 Å². The lowest BCUT2D eigenvalue weighted by Gasteiger charge is -2.31. The number of nitrogens with zero attached hydrogens (tertiary/aromatic N) is 3. The summed E-state index contributed by atoms with van der Waals surface area (Å²) < 4.78 is 0. The number of amides is 3. The highest BCUT2D eigenvalue weighted by molar-refractivity contribution is 7.15. The zero-order valence-electron chi connectivity index (χ0n) is 19.2. The molecule has 182 valence electrons. The third kappa shape index (κ3) is 6.64. The van der Waals surface area contributed by atoms with Gasteiger partial charge in [-0.25, -0.2) is 0 Å². The molecule has 0 spiro atoms. The Kier molecular flexibility index (Phi) is 8.09. The highest BCUT2D eigenvalue weighted by atomic mass is 35.5. The van der Waals surface area contributed by atoms with Crippen LogP contribution in [-0.2, 0) is 4.79 Å². The zero-order chi connectivity index (χ0) is 24.8. The number of carbonyl (C=O) groups excluding carboxylic acids is 3. The van der Waals surface area contributed by atoms with Gasteiger partial charge in [0.1, 0.15) is 0 Å². The Morgan fingerprint density at radius 3 is 2.37 bits per heavy atom. The summed E-state index contributed by atoms with van der Waals surface area (Å²) in [7, 11) is 0. The molecule has 2 heterocycles. The largest absolute Gasteiger partial charge is 0.350 e. The Hall–Kier alpha value is -3.30. The van der Waals surface area contributed by atoms with Crippen LogP contribution >= 0.6 is 22.9 Å². The number of anilines is 1. The molecule has 3 aromatic rings. The lowest BCUT2D eigenvalue weighted by molar-refractivity contribution is -0.122. The Labute approximate surface area is 212 Å². The standard InChI is InChI=1S/C25H26ClN5O3S/c1-16(18-5-3-2-4-6-18)27-21(32)15-17-11-13-31(14-12-17)25(34)24-30-29-23(35-24)22(33)28-20-9-7-19(26)8-10-20/h2-10,16-17H,11-15H2,1H3,(H,27,32)(H,28,33)/t16-/m1/s1. The number of rotatable bonds is 7. The van der Waals surface area contributed by atoms with Crippen molar-refractivity contribution in [2.75, 3.05) is 18.4 Å². The van der Waals surface area contributed by atoms with Crippen molar-refractivity contribution in [1.82, 2.24) is 20.4 Å². The second-order valence-corrected chi connectivity index (χ2v) is 9.93. The molecule has 4 rings (SSSR count). The van der Waals surface area contributed by atoms with E-state index in [2.05, 4.69) is 20.8 Å². The normalized spacial score (nSPS) is 14.9. The summed E-state index contributed by atoms with van der Waals surface area (Å²) in [6.45, 7) is 3.05. The van der Waals surface area contributed by atoms with Crippen LogP contribution in [0.3, 0.4) is 0 Å². The molecule has 1 atom stereocenters. The number of piperidine rings is 1. The van der Waals surface area contributed by atoms with E-state index in [9.17, 15) is 14.4 Å². The van der Waals surface area contributed by atoms with Gasteiger partial charge >= 0.3 is 0 Å². The van der Waals surface area contributed by atoms with Crippen LogP contribution in [0.15, 0.2) is 54.6 Å². The lowest BCUT2D eigenvalue weighted by atomic mass is 9.93. The maximum Gasteiger partial charge on any atom is 0.286 e. The molecule has 2 N–H and O–H groups in total. The summed E-state index contributed by atoms with van der Waals surface area (Å²) in [5, 5.41) is 14.4. The van der Waals surface area contributed by atoms with Crippen LogP contribution in [0.1, 0.15) is 57.4 Å². The van der Waals surface area contributed by atoms with E-state index >= 15 is 0 Å². The molecule has 35 heavy (non-hydrogen) atoms.